The highest BCUT2D eigenvalue weighted by molar-refractivity contribution is 5.94. The number of aromatic nitrogens is 3. The second kappa shape index (κ2) is 6.46. The van der Waals surface area contributed by atoms with Crippen LogP contribution in [-0.4, -0.2) is 52.1 Å². The molecular weight excluding hydrogens is 318 g/mol. The van der Waals surface area contributed by atoms with E-state index in [4.69, 9.17) is 4.52 Å². The number of amides is 1. The monoisotopic (exact) mass is 341 g/mol. The predicted molar refractivity (Wildman–Crippen MR) is 92.3 cm³/mol. The average molecular weight is 341 g/mol. The van der Waals surface area contributed by atoms with Crippen LogP contribution in [0.15, 0.2) is 29.2 Å². The Morgan fingerprint density at radius 2 is 1.72 bits per heavy atom. The Kier molecular flexibility index (Phi) is 4.15. The van der Waals surface area contributed by atoms with Crippen molar-refractivity contribution in [3.8, 4) is 0 Å². The van der Waals surface area contributed by atoms with Crippen LogP contribution in [0.25, 0.3) is 0 Å². The highest BCUT2D eigenvalue weighted by atomic mass is 16.5. The molecule has 0 aliphatic carbocycles. The minimum atomic E-state index is 0.0451. The van der Waals surface area contributed by atoms with Crippen LogP contribution < -0.4 is 4.90 Å². The highest BCUT2D eigenvalue weighted by Crippen LogP contribution is 2.42. The van der Waals surface area contributed by atoms with Gasteiger partial charge >= 0.3 is 0 Å². The van der Waals surface area contributed by atoms with Crippen molar-refractivity contribution in [3.63, 3.8) is 0 Å². The van der Waals surface area contributed by atoms with Crippen molar-refractivity contribution >= 4 is 11.9 Å². The first-order valence-corrected chi connectivity index (χ1v) is 8.89. The van der Waals surface area contributed by atoms with Gasteiger partial charge in [-0.2, -0.15) is 0 Å². The van der Waals surface area contributed by atoms with Gasteiger partial charge in [-0.3, -0.25) is 4.79 Å². The molecule has 132 valence electrons. The number of anilines is 1. The summed E-state index contributed by atoms with van der Waals surface area (Å²) in [7, 11) is 0. The molecule has 0 bridgehead atoms. The molecule has 0 aromatic carbocycles. The molecule has 2 aromatic heterocycles. The zero-order chi connectivity index (χ0) is 17.3. The summed E-state index contributed by atoms with van der Waals surface area (Å²) >= 11 is 0. The molecule has 1 spiro atoms. The number of carbonyl (C=O) groups is 1. The van der Waals surface area contributed by atoms with Crippen LogP contribution in [0.5, 0.6) is 0 Å². The Morgan fingerprint density at radius 3 is 2.32 bits per heavy atom. The van der Waals surface area contributed by atoms with E-state index in [0.717, 1.165) is 57.8 Å². The van der Waals surface area contributed by atoms with Crippen LogP contribution >= 0.6 is 0 Å². The fourth-order valence-electron chi connectivity index (χ4n) is 3.99. The van der Waals surface area contributed by atoms with Crippen LogP contribution in [0.3, 0.4) is 0 Å². The Labute approximate surface area is 147 Å². The summed E-state index contributed by atoms with van der Waals surface area (Å²) in [6.45, 7) is 5.38. The van der Waals surface area contributed by atoms with Gasteiger partial charge in [0.1, 0.15) is 11.3 Å². The molecule has 2 fully saturated rings. The van der Waals surface area contributed by atoms with Crippen molar-refractivity contribution in [1.29, 1.82) is 0 Å². The van der Waals surface area contributed by atoms with Gasteiger partial charge in [-0.05, 0) is 44.1 Å². The number of rotatable bonds is 2. The van der Waals surface area contributed by atoms with Gasteiger partial charge in [0.05, 0.1) is 6.20 Å². The van der Waals surface area contributed by atoms with E-state index >= 15 is 0 Å². The van der Waals surface area contributed by atoms with Crippen molar-refractivity contribution in [2.45, 2.75) is 32.6 Å². The van der Waals surface area contributed by atoms with E-state index in [-0.39, 0.29) is 5.91 Å². The second-order valence-electron chi connectivity index (χ2n) is 7.12. The first-order chi connectivity index (χ1) is 12.2. The lowest BCUT2D eigenvalue weighted by Crippen LogP contribution is -2.48. The second-order valence-corrected chi connectivity index (χ2v) is 7.12. The van der Waals surface area contributed by atoms with E-state index < -0.39 is 0 Å². The number of hydrogen-bond acceptors (Lipinski definition) is 6. The molecule has 2 saturated heterocycles. The van der Waals surface area contributed by atoms with Crippen LogP contribution in [0, 0.1) is 12.3 Å². The van der Waals surface area contributed by atoms with Gasteiger partial charge in [0, 0.05) is 38.6 Å². The van der Waals surface area contributed by atoms with Crippen LogP contribution in [0.1, 0.15) is 41.8 Å². The summed E-state index contributed by atoms with van der Waals surface area (Å²) in [5.41, 5.74) is 0.943. The number of piperidine rings is 2. The summed E-state index contributed by atoms with van der Waals surface area (Å²) in [5, 5.41) is 3.72. The van der Waals surface area contributed by atoms with E-state index in [1.54, 1.807) is 19.3 Å². The maximum atomic E-state index is 12.6. The Hall–Kier alpha value is -2.44. The summed E-state index contributed by atoms with van der Waals surface area (Å²) in [6.07, 6.45) is 9.52. The molecule has 4 rings (SSSR count). The molecular formula is C18H23N5O2. The van der Waals surface area contributed by atoms with E-state index in [1.807, 2.05) is 11.0 Å². The fraction of sp³-hybridized carbons (Fsp3) is 0.556. The number of likely N-dealkylation sites (tertiary alicyclic amines) is 1. The molecule has 0 saturated carbocycles. The molecule has 7 nitrogen and oxygen atoms in total. The first kappa shape index (κ1) is 16.1. The number of nitrogens with zero attached hydrogens (tertiary/aromatic N) is 5. The number of aryl methyl sites for hydroxylation is 1. The molecule has 2 aliphatic heterocycles. The Bertz CT molecular complexity index is 727. The largest absolute Gasteiger partial charge is 0.361 e. The minimum absolute atomic E-state index is 0.0451. The lowest BCUT2D eigenvalue weighted by atomic mass is 9.71. The van der Waals surface area contributed by atoms with Crippen molar-refractivity contribution in [3.05, 3.63) is 36.0 Å². The lowest BCUT2D eigenvalue weighted by molar-refractivity contribution is 0.0513. The molecule has 2 aliphatic rings. The molecule has 4 heterocycles. The molecule has 0 radical (unpaired) electrons. The third-order valence-corrected chi connectivity index (χ3v) is 5.75. The third-order valence-electron chi connectivity index (χ3n) is 5.75. The zero-order valence-corrected chi connectivity index (χ0v) is 14.5. The quantitative estimate of drug-likeness (QED) is 0.834. The summed E-state index contributed by atoms with van der Waals surface area (Å²) in [6, 6.07) is 1.85. The van der Waals surface area contributed by atoms with Crippen LogP contribution in [-0.2, 0) is 0 Å². The van der Waals surface area contributed by atoms with Crippen molar-refractivity contribution < 1.29 is 9.32 Å². The molecule has 25 heavy (non-hydrogen) atoms. The van der Waals surface area contributed by atoms with E-state index in [1.165, 1.54) is 6.20 Å². The summed E-state index contributed by atoms with van der Waals surface area (Å²) in [5.74, 6) is 1.47. The van der Waals surface area contributed by atoms with Crippen molar-refractivity contribution in [2.75, 3.05) is 31.1 Å². The summed E-state index contributed by atoms with van der Waals surface area (Å²) < 4.78 is 5.03. The number of hydrogen-bond donors (Lipinski definition) is 0. The maximum absolute atomic E-state index is 12.6. The minimum Gasteiger partial charge on any atom is -0.361 e. The zero-order valence-electron chi connectivity index (χ0n) is 14.5. The first-order valence-electron chi connectivity index (χ1n) is 8.89. The Balaban J connectivity index is 1.35. The van der Waals surface area contributed by atoms with Crippen molar-refractivity contribution in [2.24, 2.45) is 5.41 Å². The highest BCUT2D eigenvalue weighted by Gasteiger charge is 2.39. The van der Waals surface area contributed by atoms with Gasteiger partial charge < -0.3 is 14.3 Å². The maximum Gasteiger partial charge on any atom is 0.259 e. The molecule has 0 N–H and O–H groups in total. The van der Waals surface area contributed by atoms with Gasteiger partial charge in [0.25, 0.3) is 5.91 Å². The topological polar surface area (TPSA) is 75.4 Å². The molecule has 0 unspecified atom stereocenters. The van der Waals surface area contributed by atoms with Gasteiger partial charge in [-0.25, -0.2) is 9.97 Å². The smallest absolute Gasteiger partial charge is 0.259 e. The van der Waals surface area contributed by atoms with Crippen LogP contribution in [0.2, 0.25) is 0 Å². The predicted octanol–water partition coefficient (Wildman–Crippen LogP) is 2.30. The van der Waals surface area contributed by atoms with Gasteiger partial charge in [0.2, 0.25) is 5.95 Å². The van der Waals surface area contributed by atoms with E-state index in [9.17, 15) is 4.79 Å². The third kappa shape index (κ3) is 3.10. The van der Waals surface area contributed by atoms with Crippen LogP contribution in [0.4, 0.5) is 5.95 Å². The normalized spacial score (nSPS) is 20.0. The standard InChI is InChI=1S/C18H23N5O2/c1-14-15(13-21-25-14)16(24)22-9-3-18(4-10-22)5-11-23(12-6-18)17-19-7-2-8-20-17/h2,7-8,13H,3-6,9-12H2,1H3. The molecule has 0 atom stereocenters. The fourth-order valence-corrected chi connectivity index (χ4v) is 3.99. The van der Waals surface area contributed by atoms with Crippen molar-refractivity contribution in [1.82, 2.24) is 20.0 Å². The lowest BCUT2D eigenvalue weighted by Gasteiger charge is -2.46. The number of carbonyl (C=O) groups excluding carboxylic acids is 1. The summed E-state index contributed by atoms with van der Waals surface area (Å²) in [4.78, 5) is 25.5. The molecule has 1 amide bonds. The van der Waals surface area contributed by atoms with E-state index in [2.05, 4.69) is 20.0 Å². The SMILES string of the molecule is Cc1oncc1C(=O)N1CCC2(CC1)CCN(c1ncccn1)CC2. The van der Waals surface area contributed by atoms with Gasteiger partial charge in [-0.15, -0.1) is 0 Å². The van der Waals surface area contributed by atoms with Gasteiger partial charge in [-0.1, -0.05) is 5.16 Å². The Morgan fingerprint density at radius 1 is 1.08 bits per heavy atom. The average Bonchev–Trinajstić information content (AvgIpc) is 3.09. The molecule has 7 heteroatoms. The van der Waals surface area contributed by atoms with E-state index in [0.29, 0.717) is 16.7 Å². The molecule has 2 aromatic rings. The van der Waals surface area contributed by atoms with Gasteiger partial charge in [0.15, 0.2) is 0 Å².